The van der Waals surface area contributed by atoms with Crippen LogP contribution in [-0.4, -0.2) is 65.7 Å². The van der Waals surface area contributed by atoms with Crippen molar-refractivity contribution in [1.82, 2.24) is 5.32 Å². The molecule has 0 unspecified atom stereocenters. The van der Waals surface area contributed by atoms with Crippen molar-refractivity contribution in [3.63, 3.8) is 0 Å². The van der Waals surface area contributed by atoms with Crippen molar-refractivity contribution in [3.05, 3.63) is 89.0 Å². The van der Waals surface area contributed by atoms with Crippen molar-refractivity contribution >= 4 is 5.91 Å². The number of carbonyl (C=O) groups is 1. The third-order valence-electron chi connectivity index (χ3n) is 7.41. The van der Waals surface area contributed by atoms with Gasteiger partial charge >= 0.3 is 0 Å². The Kier molecular flexibility index (Phi) is 13.1. The zero-order valence-corrected chi connectivity index (χ0v) is 25.2. The third-order valence-corrected chi connectivity index (χ3v) is 7.41. The molecule has 0 aromatic heterocycles. The van der Waals surface area contributed by atoms with Gasteiger partial charge in [0.05, 0.1) is 51.8 Å². The van der Waals surface area contributed by atoms with Crippen LogP contribution in [0, 0.1) is 0 Å². The summed E-state index contributed by atoms with van der Waals surface area (Å²) in [5, 5.41) is 3.45. The maximum absolute atomic E-state index is 11.9. The molecule has 43 heavy (non-hydrogen) atoms. The molecule has 3 aromatic carbocycles. The Bertz CT molecular complexity index is 1270. The largest absolute Gasteiger partial charge is 0.496 e. The molecule has 232 valence electrons. The summed E-state index contributed by atoms with van der Waals surface area (Å²) < 4.78 is 34.4. The summed E-state index contributed by atoms with van der Waals surface area (Å²) in [4.78, 5) is 11.9. The van der Waals surface area contributed by atoms with Crippen molar-refractivity contribution < 1.29 is 33.2 Å². The number of nitrogens with one attached hydrogen (secondary N) is 1. The van der Waals surface area contributed by atoms with Gasteiger partial charge in [-0.05, 0) is 54.4 Å². The Balaban J connectivity index is 1.25. The van der Waals surface area contributed by atoms with E-state index in [1.807, 2.05) is 48.5 Å². The summed E-state index contributed by atoms with van der Waals surface area (Å²) in [6.45, 7) is 4.82. The van der Waals surface area contributed by atoms with Gasteiger partial charge in [0.25, 0.3) is 5.91 Å². The number of primary amides is 1. The summed E-state index contributed by atoms with van der Waals surface area (Å²) in [6.07, 6.45) is 2.49. The maximum atomic E-state index is 11.9. The van der Waals surface area contributed by atoms with E-state index >= 15 is 0 Å². The molecular weight excluding hydrogens is 548 g/mol. The summed E-state index contributed by atoms with van der Waals surface area (Å²) in [7, 11) is 3.31. The zero-order valence-electron chi connectivity index (χ0n) is 25.2. The Morgan fingerprint density at radius 3 is 2.47 bits per heavy atom. The van der Waals surface area contributed by atoms with Gasteiger partial charge in [0.2, 0.25) is 0 Å². The Labute approximate surface area is 254 Å². The summed E-state index contributed by atoms with van der Waals surface area (Å²) in [5.41, 5.74) is 9.10. The molecule has 0 saturated carbocycles. The highest BCUT2D eigenvalue weighted by atomic mass is 16.5. The number of nitrogens with two attached hydrogens (primary N) is 1. The fraction of sp³-hybridized carbons (Fsp3) is 0.441. The molecule has 0 bridgehead atoms. The Morgan fingerprint density at radius 2 is 1.67 bits per heavy atom. The smallest absolute Gasteiger partial charge is 0.252 e. The van der Waals surface area contributed by atoms with Gasteiger partial charge in [-0.25, -0.2) is 0 Å². The van der Waals surface area contributed by atoms with E-state index < -0.39 is 5.91 Å². The first-order valence-corrected chi connectivity index (χ1v) is 14.9. The van der Waals surface area contributed by atoms with Crippen LogP contribution in [-0.2, 0) is 27.4 Å². The van der Waals surface area contributed by atoms with E-state index in [4.69, 9.17) is 34.2 Å². The van der Waals surface area contributed by atoms with Crippen LogP contribution in [0.4, 0.5) is 0 Å². The van der Waals surface area contributed by atoms with E-state index in [9.17, 15) is 4.79 Å². The lowest BCUT2D eigenvalue weighted by Crippen LogP contribution is -2.40. The number of ether oxygens (including phenoxy) is 6. The zero-order chi connectivity index (χ0) is 30.3. The molecule has 1 amide bonds. The van der Waals surface area contributed by atoms with Crippen LogP contribution in [0.5, 0.6) is 17.2 Å². The van der Waals surface area contributed by atoms with E-state index in [-0.39, 0.29) is 12.0 Å². The molecule has 1 heterocycles. The van der Waals surface area contributed by atoms with Gasteiger partial charge in [-0.1, -0.05) is 36.4 Å². The van der Waals surface area contributed by atoms with Crippen LogP contribution in [0.2, 0.25) is 0 Å². The number of hydrogen-bond acceptors (Lipinski definition) is 8. The Hall–Kier alpha value is -3.63. The number of hydrogen-bond donors (Lipinski definition) is 2. The minimum absolute atomic E-state index is 0.00259. The molecule has 3 N–H and O–H groups in total. The molecule has 0 spiro atoms. The second-order valence-corrected chi connectivity index (χ2v) is 10.5. The highest BCUT2D eigenvalue weighted by molar-refractivity contribution is 5.95. The topological polar surface area (TPSA) is 110 Å². The number of methoxy groups -OCH3 is 2. The van der Waals surface area contributed by atoms with Gasteiger partial charge in [-0.15, -0.1) is 0 Å². The predicted molar refractivity (Wildman–Crippen MR) is 165 cm³/mol. The molecule has 4 rings (SSSR count). The molecule has 1 aliphatic heterocycles. The lowest BCUT2D eigenvalue weighted by Gasteiger charge is -2.32. The maximum Gasteiger partial charge on any atom is 0.252 e. The molecule has 9 nitrogen and oxygen atoms in total. The molecule has 0 radical (unpaired) electrons. The van der Waals surface area contributed by atoms with Crippen molar-refractivity contribution in [1.29, 1.82) is 0 Å². The lowest BCUT2D eigenvalue weighted by molar-refractivity contribution is 0.0105. The molecule has 0 aliphatic carbocycles. The second-order valence-electron chi connectivity index (χ2n) is 10.5. The van der Waals surface area contributed by atoms with Gasteiger partial charge in [-0.3, -0.25) is 4.79 Å². The van der Waals surface area contributed by atoms with E-state index in [0.29, 0.717) is 57.4 Å². The van der Waals surface area contributed by atoms with E-state index in [2.05, 4.69) is 17.4 Å². The van der Waals surface area contributed by atoms with Crippen LogP contribution in [0.15, 0.2) is 66.7 Å². The van der Waals surface area contributed by atoms with Gasteiger partial charge in [0.15, 0.2) is 0 Å². The third kappa shape index (κ3) is 9.96. The van der Waals surface area contributed by atoms with Crippen LogP contribution in [0.1, 0.15) is 52.2 Å². The van der Waals surface area contributed by atoms with E-state index in [1.54, 1.807) is 20.3 Å². The molecule has 2 atom stereocenters. The highest BCUT2D eigenvalue weighted by Crippen LogP contribution is 2.30. The highest BCUT2D eigenvalue weighted by Gasteiger charge is 2.27. The molecular formula is C34H44N2O7. The first-order valence-electron chi connectivity index (χ1n) is 14.9. The fourth-order valence-corrected chi connectivity index (χ4v) is 5.12. The Morgan fingerprint density at radius 1 is 0.884 bits per heavy atom. The fourth-order valence-electron chi connectivity index (χ4n) is 5.12. The quantitative estimate of drug-likeness (QED) is 0.202. The van der Waals surface area contributed by atoms with E-state index in [0.717, 1.165) is 48.6 Å². The van der Waals surface area contributed by atoms with Crippen molar-refractivity contribution in [2.24, 2.45) is 5.73 Å². The number of rotatable bonds is 18. The minimum atomic E-state index is -0.518. The molecule has 1 saturated heterocycles. The molecule has 1 fully saturated rings. The van der Waals surface area contributed by atoms with Crippen LogP contribution >= 0.6 is 0 Å². The number of amides is 1. The summed E-state index contributed by atoms with van der Waals surface area (Å²) in [5.74, 6) is 1.89. The van der Waals surface area contributed by atoms with Crippen molar-refractivity contribution in [2.45, 2.75) is 44.5 Å². The monoisotopic (exact) mass is 592 g/mol. The molecule has 9 heteroatoms. The minimum Gasteiger partial charge on any atom is -0.496 e. The van der Waals surface area contributed by atoms with Gasteiger partial charge in [-0.2, -0.15) is 0 Å². The van der Waals surface area contributed by atoms with Gasteiger partial charge in [0.1, 0.15) is 17.2 Å². The van der Waals surface area contributed by atoms with Crippen LogP contribution in [0.25, 0.3) is 0 Å². The number of carbonyl (C=O) groups excluding carboxylic acids is 1. The average molecular weight is 593 g/mol. The number of para-hydroxylation sites is 1. The average Bonchev–Trinajstić information content (AvgIpc) is 3.04. The first-order chi connectivity index (χ1) is 21.1. The SMILES string of the molecule is COCCCOc1cc(CO[C@H]2CNCC[C@@H]2c2ccc(OCCCOCc3ccccc3OC)cc2)ccc1C(N)=O. The van der Waals surface area contributed by atoms with Gasteiger partial charge < -0.3 is 39.5 Å². The molecule has 3 aromatic rings. The summed E-state index contributed by atoms with van der Waals surface area (Å²) in [6, 6.07) is 21.6. The van der Waals surface area contributed by atoms with Gasteiger partial charge in [0, 0.05) is 44.6 Å². The van der Waals surface area contributed by atoms with E-state index in [1.165, 1.54) is 5.56 Å². The normalized spacial score (nSPS) is 16.5. The standard InChI is InChI=1S/C34H44N2O7/c1-38-17-5-20-42-32-21-25(9-14-30(32)34(35)37)23-43-33-22-36-16-15-29(33)26-10-12-28(13-11-26)41-19-6-18-40-24-27-7-3-4-8-31(27)39-2/h3-4,7-14,21,29,33,36H,5-6,15-20,22-24H2,1-2H3,(H2,35,37)/t29-,33+/m1/s1. The van der Waals surface area contributed by atoms with Crippen LogP contribution < -0.4 is 25.3 Å². The first kappa shape index (κ1) is 32.3. The van der Waals surface area contributed by atoms with Crippen molar-refractivity contribution in [3.8, 4) is 17.2 Å². The lowest BCUT2D eigenvalue weighted by atomic mass is 9.87. The summed E-state index contributed by atoms with van der Waals surface area (Å²) >= 11 is 0. The number of benzene rings is 3. The van der Waals surface area contributed by atoms with Crippen molar-refractivity contribution in [2.75, 3.05) is 53.7 Å². The van der Waals surface area contributed by atoms with Crippen LogP contribution in [0.3, 0.4) is 0 Å². The predicted octanol–water partition coefficient (Wildman–Crippen LogP) is 4.86. The molecule has 1 aliphatic rings. The number of piperidine rings is 1. The second kappa shape index (κ2) is 17.5.